The third-order valence-electron chi connectivity index (χ3n) is 8.14. The number of benzene rings is 2. The van der Waals surface area contributed by atoms with Crippen LogP contribution >= 0.6 is 23.2 Å². The molecule has 7 rings (SSSR count). The van der Waals surface area contributed by atoms with Crippen molar-refractivity contribution in [1.82, 2.24) is 10.2 Å². The van der Waals surface area contributed by atoms with E-state index >= 15 is 0 Å². The molecule has 2 aromatic carbocycles. The lowest BCUT2D eigenvalue weighted by atomic mass is 9.67. The summed E-state index contributed by atoms with van der Waals surface area (Å²) in [6, 6.07) is 14.6. The quantitative estimate of drug-likeness (QED) is 0.231. The van der Waals surface area contributed by atoms with Gasteiger partial charge >= 0.3 is 5.97 Å². The summed E-state index contributed by atoms with van der Waals surface area (Å²) in [5.41, 5.74) is 2.70. The summed E-state index contributed by atoms with van der Waals surface area (Å²) in [6.45, 7) is 0.844. The Balaban J connectivity index is 1.16. The molecule has 2 aliphatic carbocycles. The number of carbonyl (C=O) groups excluding carboxylic acids is 1. The van der Waals surface area contributed by atoms with E-state index < -0.39 is 5.97 Å². The van der Waals surface area contributed by atoms with Crippen molar-refractivity contribution >= 4 is 40.1 Å². The molecule has 7 nitrogen and oxygen atoms in total. The Labute approximate surface area is 229 Å². The van der Waals surface area contributed by atoms with Gasteiger partial charge in [-0.15, -0.1) is 5.06 Å². The van der Waals surface area contributed by atoms with Crippen molar-refractivity contribution in [2.75, 3.05) is 6.54 Å². The van der Waals surface area contributed by atoms with Crippen LogP contribution in [0.15, 0.2) is 57.5 Å². The van der Waals surface area contributed by atoms with Crippen molar-refractivity contribution in [3.05, 3.63) is 75.7 Å². The summed E-state index contributed by atoms with van der Waals surface area (Å²) in [5.74, 6) is 0.783. The van der Waals surface area contributed by atoms with Gasteiger partial charge in [-0.05, 0) is 56.4 Å². The molecule has 1 aliphatic heterocycles. The largest absolute Gasteiger partial charge is 0.449 e. The number of carbonyl (C=O) groups is 1. The Morgan fingerprint density at radius 2 is 1.87 bits per heavy atom. The van der Waals surface area contributed by atoms with E-state index in [-0.39, 0.29) is 24.0 Å². The summed E-state index contributed by atoms with van der Waals surface area (Å²) >= 11 is 13.1. The van der Waals surface area contributed by atoms with Gasteiger partial charge < -0.3 is 18.5 Å². The predicted molar refractivity (Wildman–Crippen MR) is 142 cm³/mol. The van der Waals surface area contributed by atoms with Crippen LogP contribution in [0.5, 0.6) is 0 Å². The van der Waals surface area contributed by atoms with Crippen LogP contribution in [0, 0.1) is 5.41 Å². The second-order valence-corrected chi connectivity index (χ2v) is 11.4. The monoisotopic (exact) mass is 552 g/mol. The van der Waals surface area contributed by atoms with Crippen LogP contribution in [0.3, 0.4) is 0 Å². The maximum atomic E-state index is 13.1. The summed E-state index contributed by atoms with van der Waals surface area (Å²) < 4.78 is 18.2. The number of fused-ring (bicyclic) bond motifs is 1. The molecular formula is C29H26Cl2N2O5. The molecule has 1 spiro atoms. The Bertz CT molecular complexity index is 1470. The van der Waals surface area contributed by atoms with Crippen molar-refractivity contribution in [3.8, 4) is 11.3 Å². The highest BCUT2D eigenvalue weighted by molar-refractivity contribution is 6.39. The number of hydrogen-bond acceptors (Lipinski definition) is 7. The van der Waals surface area contributed by atoms with Crippen molar-refractivity contribution in [2.24, 2.45) is 5.41 Å². The minimum absolute atomic E-state index is 0.0483. The van der Waals surface area contributed by atoms with Gasteiger partial charge in [0.1, 0.15) is 23.3 Å². The number of ether oxygens (including phenoxy) is 1. The van der Waals surface area contributed by atoms with Gasteiger partial charge in [-0.2, -0.15) is 0 Å². The van der Waals surface area contributed by atoms with Crippen molar-refractivity contribution < 1.29 is 23.3 Å². The lowest BCUT2D eigenvalue weighted by molar-refractivity contribution is -0.236. The summed E-state index contributed by atoms with van der Waals surface area (Å²) in [6.07, 6.45) is 5.79. The predicted octanol–water partition coefficient (Wildman–Crippen LogP) is 7.76. The fraction of sp³-hybridized carbons (Fsp3) is 0.379. The molecule has 3 heterocycles. The van der Waals surface area contributed by atoms with Crippen LogP contribution in [0.2, 0.25) is 10.0 Å². The molecule has 3 fully saturated rings. The lowest BCUT2D eigenvalue weighted by Gasteiger charge is -2.43. The Kier molecular flexibility index (Phi) is 6.00. The maximum absolute atomic E-state index is 13.1. The fourth-order valence-electron chi connectivity index (χ4n) is 5.80. The van der Waals surface area contributed by atoms with Gasteiger partial charge in [0.2, 0.25) is 5.76 Å². The first-order valence-electron chi connectivity index (χ1n) is 13.0. The average molecular weight is 553 g/mol. The average Bonchev–Trinajstić information content (AvgIpc) is 3.33. The molecule has 3 aliphatic rings. The van der Waals surface area contributed by atoms with Gasteiger partial charge in [0.05, 0.1) is 16.7 Å². The van der Waals surface area contributed by atoms with Gasteiger partial charge in [0, 0.05) is 34.4 Å². The number of furan rings is 1. The van der Waals surface area contributed by atoms with Gasteiger partial charge in [-0.3, -0.25) is 0 Å². The molecule has 2 aromatic heterocycles. The second kappa shape index (κ2) is 9.42. The first-order chi connectivity index (χ1) is 18.5. The maximum Gasteiger partial charge on any atom is 0.393 e. The molecule has 0 amide bonds. The molecule has 38 heavy (non-hydrogen) atoms. The second-order valence-electron chi connectivity index (χ2n) is 10.5. The van der Waals surface area contributed by atoms with E-state index in [2.05, 4.69) is 5.16 Å². The van der Waals surface area contributed by atoms with Crippen molar-refractivity contribution in [3.63, 3.8) is 0 Å². The van der Waals surface area contributed by atoms with Gasteiger partial charge in [0.25, 0.3) is 0 Å². The van der Waals surface area contributed by atoms with E-state index in [1.807, 2.05) is 24.3 Å². The van der Waals surface area contributed by atoms with Crippen LogP contribution in [0.1, 0.15) is 66.3 Å². The molecule has 1 saturated heterocycles. The van der Waals surface area contributed by atoms with E-state index in [0.717, 1.165) is 55.2 Å². The van der Waals surface area contributed by atoms with E-state index in [1.54, 1.807) is 29.3 Å². The molecule has 1 unspecified atom stereocenters. The van der Waals surface area contributed by atoms with E-state index in [0.29, 0.717) is 39.3 Å². The summed E-state index contributed by atoms with van der Waals surface area (Å²) in [5, 5.41) is 7.93. The fourth-order valence-corrected chi connectivity index (χ4v) is 6.38. The van der Waals surface area contributed by atoms with E-state index in [9.17, 15) is 4.79 Å². The lowest BCUT2D eigenvalue weighted by Crippen LogP contribution is -2.46. The minimum atomic E-state index is -0.529. The van der Waals surface area contributed by atoms with Gasteiger partial charge in [-0.25, -0.2) is 4.79 Å². The first-order valence-corrected chi connectivity index (χ1v) is 13.8. The zero-order chi connectivity index (χ0) is 25.9. The number of halogens is 2. The van der Waals surface area contributed by atoms with Crippen LogP contribution < -0.4 is 0 Å². The molecule has 0 bridgehead atoms. The molecule has 0 radical (unpaired) electrons. The van der Waals surface area contributed by atoms with Crippen LogP contribution in [0.4, 0.5) is 0 Å². The number of para-hydroxylation sites is 1. The number of hydroxylamine groups is 2. The summed E-state index contributed by atoms with van der Waals surface area (Å²) in [7, 11) is 0. The highest BCUT2D eigenvalue weighted by Gasteiger charge is 2.54. The number of aromatic nitrogens is 1. The standard InChI is InChI=1S/C29H26Cl2N2O5/c30-20-6-3-7-21(31)24(20)25-19(26(37-32-25)17-9-10-17)16-35-28-29(11-4-12-29)13-14-33(28)38-27(34)23-15-18-5-1-2-8-22(18)36-23/h1-3,5-8,15,17,28H,4,9-14,16H2. The topological polar surface area (TPSA) is 77.9 Å². The van der Waals surface area contributed by atoms with Gasteiger partial charge in [-0.1, -0.05) is 59.0 Å². The third kappa shape index (κ3) is 4.13. The molecule has 2 saturated carbocycles. The SMILES string of the molecule is O=C(ON1CCC2(CCC2)C1OCc1c(-c2c(Cl)cccc2Cl)noc1C1CC1)c1cc2ccccc2o1. The zero-order valence-electron chi connectivity index (χ0n) is 20.6. The van der Waals surface area contributed by atoms with Crippen molar-refractivity contribution in [2.45, 2.75) is 57.3 Å². The molecule has 4 aromatic rings. The van der Waals surface area contributed by atoms with E-state index in [1.165, 1.54) is 0 Å². The molecular weight excluding hydrogens is 527 g/mol. The highest BCUT2D eigenvalue weighted by Crippen LogP contribution is 2.53. The Hall–Kier alpha value is -2.84. The first kappa shape index (κ1) is 24.2. The number of hydrogen-bond donors (Lipinski definition) is 0. The van der Waals surface area contributed by atoms with Gasteiger partial charge in [0.15, 0.2) is 0 Å². The van der Waals surface area contributed by atoms with Crippen LogP contribution in [-0.4, -0.2) is 29.0 Å². The van der Waals surface area contributed by atoms with Crippen molar-refractivity contribution in [1.29, 1.82) is 0 Å². The normalized spacial score (nSPS) is 20.7. The third-order valence-corrected chi connectivity index (χ3v) is 8.77. The molecule has 9 heteroatoms. The van der Waals surface area contributed by atoms with Crippen LogP contribution in [0.25, 0.3) is 22.2 Å². The zero-order valence-corrected chi connectivity index (χ0v) is 22.1. The Morgan fingerprint density at radius 1 is 1.08 bits per heavy atom. The molecule has 0 N–H and O–H groups in total. The Morgan fingerprint density at radius 3 is 2.58 bits per heavy atom. The minimum Gasteiger partial charge on any atom is -0.449 e. The summed E-state index contributed by atoms with van der Waals surface area (Å²) in [4.78, 5) is 18.9. The number of rotatable bonds is 7. The molecule has 1 atom stereocenters. The molecule has 196 valence electrons. The van der Waals surface area contributed by atoms with Crippen LogP contribution in [-0.2, 0) is 16.2 Å². The number of nitrogens with zero attached hydrogens (tertiary/aromatic N) is 2. The van der Waals surface area contributed by atoms with E-state index in [4.69, 9.17) is 41.7 Å². The highest BCUT2D eigenvalue weighted by atomic mass is 35.5. The smallest absolute Gasteiger partial charge is 0.393 e.